The zero-order valence-corrected chi connectivity index (χ0v) is 12.7. The summed E-state index contributed by atoms with van der Waals surface area (Å²) in [6.45, 7) is 0.972. The van der Waals surface area contributed by atoms with E-state index in [0.717, 1.165) is 19.4 Å². The topological polar surface area (TPSA) is 87.5 Å². The summed E-state index contributed by atoms with van der Waals surface area (Å²) >= 11 is 0. The number of aliphatic carboxylic acids is 1. The van der Waals surface area contributed by atoms with Gasteiger partial charge in [0.25, 0.3) is 5.91 Å². The molecule has 0 saturated heterocycles. The van der Waals surface area contributed by atoms with E-state index in [9.17, 15) is 9.59 Å². The average Bonchev–Trinajstić information content (AvgIpc) is 3.10. The maximum absolute atomic E-state index is 12.0. The van der Waals surface area contributed by atoms with E-state index in [1.165, 1.54) is 12.8 Å². The van der Waals surface area contributed by atoms with Crippen molar-refractivity contribution in [3.63, 3.8) is 0 Å². The predicted octanol–water partition coefficient (Wildman–Crippen LogP) is 0.478. The molecule has 1 heterocycles. The summed E-state index contributed by atoms with van der Waals surface area (Å²) in [5.74, 6) is -0.265. The molecule has 2 aliphatic rings. The molecule has 0 atom stereocenters. The molecule has 2 aliphatic carbocycles. The molecule has 0 aliphatic heterocycles. The standard InChI is InChI=1S/C15H22N4O3/c1-18-7-13(16-9-18)15(22)17-11-4-12(5-11)19(8-14(20)21)6-10-2-3-10/h7,9-12H,2-6,8H2,1H3,(H,17,22)(H,20,21). The van der Waals surface area contributed by atoms with Crippen LogP contribution >= 0.6 is 0 Å². The Morgan fingerprint density at radius 3 is 2.73 bits per heavy atom. The third-order valence-corrected chi connectivity index (χ3v) is 4.43. The molecular formula is C15H22N4O3. The van der Waals surface area contributed by atoms with E-state index in [4.69, 9.17) is 5.11 Å². The number of hydrogen-bond donors (Lipinski definition) is 2. The van der Waals surface area contributed by atoms with Crippen LogP contribution < -0.4 is 5.32 Å². The highest BCUT2D eigenvalue weighted by Gasteiger charge is 2.37. The number of carboxylic acids is 1. The quantitative estimate of drug-likeness (QED) is 0.765. The van der Waals surface area contributed by atoms with Gasteiger partial charge in [0.2, 0.25) is 0 Å². The SMILES string of the molecule is Cn1cnc(C(=O)NC2CC(N(CC(=O)O)CC3CC3)C2)c1. The fourth-order valence-electron chi connectivity index (χ4n) is 2.94. The first-order valence-electron chi connectivity index (χ1n) is 7.76. The van der Waals surface area contributed by atoms with Crippen molar-refractivity contribution in [2.75, 3.05) is 13.1 Å². The summed E-state index contributed by atoms with van der Waals surface area (Å²) < 4.78 is 1.74. The number of hydrogen-bond acceptors (Lipinski definition) is 4. The number of imidazole rings is 1. The Balaban J connectivity index is 1.47. The fraction of sp³-hybridized carbons (Fsp3) is 0.667. The minimum atomic E-state index is -0.776. The van der Waals surface area contributed by atoms with Gasteiger partial charge < -0.3 is 15.0 Å². The van der Waals surface area contributed by atoms with Crippen LogP contribution in [0.25, 0.3) is 0 Å². The molecule has 0 radical (unpaired) electrons. The molecule has 0 aromatic carbocycles. The second-order valence-electron chi connectivity index (χ2n) is 6.49. The lowest BCUT2D eigenvalue weighted by atomic mass is 9.85. The highest BCUT2D eigenvalue weighted by atomic mass is 16.4. The van der Waals surface area contributed by atoms with Crippen molar-refractivity contribution < 1.29 is 14.7 Å². The molecular weight excluding hydrogens is 284 g/mol. The summed E-state index contributed by atoms with van der Waals surface area (Å²) in [4.78, 5) is 29.1. The van der Waals surface area contributed by atoms with E-state index in [2.05, 4.69) is 15.2 Å². The van der Waals surface area contributed by atoms with E-state index in [-0.39, 0.29) is 24.5 Å². The van der Waals surface area contributed by atoms with E-state index < -0.39 is 5.97 Å². The summed E-state index contributed by atoms with van der Waals surface area (Å²) in [5, 5.41) is 12.0. The number of aryl methyl sites for hydroxylation is 1. The van der Waals surface area contributed by atoms with Gasteiger partial charge in [0.1, 0.15) is 5.69 Å². The number of aromatic nitrogens is 2. The van der Waals surface area contributed by atoms with Crippen molar-refractivity contribution in [2.45, 2.75) is 37.8 Å². The summed E-state index contributed by atoms with van der Waals surface area (Å²) in [6, 6.07) is 0.390. The van der Waals surface area contributed by atoms with Crippen LogP contribution in [-0.2, 0) is 11.8 Å². The average molecular weight is 306 g/mol. The molecule has 1 aromatic heterocycles. The lowest BCUT2D eigenvalue weighted by Crippen LogP contribution is -2.55. The summed E-state index contributed by atoms with van der Waals surface area (Å²) in [6.07, 6.45) is 7.35. The number of amides is 1. The van der Waals surface area contributed by atoms with Crippen molar-refractivity contribution in [3.8, 4) is 0 Å². The minimum Gasteiger partial charge on any atom is -0.480 e. The molecule has 22 heavy (non-hydrogen) atoms. The molecule has 0 spiro atoms. The molecule has 7 nitrogen and oxygen atoms in total. The Hall–Kier alpha value is -1.89. The van der Waals surface area contributed by atoms with Crippen molar-refractivity contribution in [1.29, 1.82) is 0 Å². The molecule has 0 bridgehead atoms. The molecule has 2 saturated carbocycles. The maximum atomic E-state index is 12.0. The van der Waals surface area contributed by atoms with Gasteiger partial charge in [-0.2, -0.15) is 0 Å². The highest BCUT2D eigenvalue weighted by molar-refractivity contribution is 5.92. The van der Waals surface area contributed by atoms with Gasteiger partial charge in [-0.15, -0.1) is 0 Å². The van der Waals surface area contributed by atoms with Crippen LogP contribution in [0.5, 0.6) is 0 Å². The van der Waals surface area contributed by atoms with Gasteiger partial charge in [-0.25, -0.2) is 4.98 Å². The zero-order chi connectivity index (χ0) is 15.7. The van der Waals surface area contributed by atoms with Crippen LogP contribution in [0.2, 0.25) is 0 Å². The Kier molecular flexibility index (Phi) is 4.15. The lowest BCUT2D eigenvalue weighted by Gasteiger charge is -2.42. The number of carbonyl (C=O) groups excluding carboxylic acids is 1. The van der Waals surface area contributed by atoms with E-state index in [1.807, 2.05) is 7.05 Å². The second kappa shape index (κ2) is 6.08. The smallest absolute Gasteiger partial charge is 0.317 e. The van der Waals surface area contributed by atoms with Crippen molar-refractivity contribution >= 4 is 11.9 Å². The van der Waals surface area contributed by atoms with Crippen molar-refractivity contribution in [1.82, 2.24) is 19.8 Å². The number of rotatable bonds is 7. The van der Waals surface area contributed by atoms with E-state index in [1.54, 1.807) is 17.1 Å². The summed E-state index contributed by atoms with van der Waals surface area (Å²) in [5.41, 5.74) is 0.423. The van der Waals surface area contributed by atoms with E-state index in [0.29, 0.717) is 11.6 Å². The van der Waals surface area contributed by atoms with Crippen LogP contribution in [0.1, 0.15) is 36.2 Å². The molecule has 1 aromatic rings. The first kappa shape index (κ1) is 15.0. The second-order valence-corrected chi connectivity index (χ2v) is 6.49. The van der Waals surface area contributed by atoms with Gasteiger partial charge in [0, 0.05) is 31.9 Å². The molecule has 2 N–H and O–H groups in total. The van der Waals surface area contributed by atoms with Crippen molar-refractivity contribution in [2.24, 2.45) is 13.0 Å². The van der Waals surface area contributed by atoms with Gasteiger partial charge in [0.15, 0.2) is 0 Å². The number of nitrogens with one attached hydrogen (secondary N) is 1. The third kappa shape index (κ3) is 3.65. The predicted molar refractivity (Wildman–Crippen MR) is 79.4 cm³/mol. The van der Waals surface area contributed by atoms with Crippen LogP contribution in [0, 0.1) is 5.92 Å². The first-order chi connectivity index (χ1) is 10.5. The molecule has 2 fully saturated rings. The number of carbonyl (C=O) groups is 2. The number of nitrogens with zero attached hydrogens (tertiary/aromatic N) is 3. The summed E-state index contributed by atoms with van der Waals surface area (Å²) in [7, 11) is 1.82. The minimum absolute atomic E-state index is 0.0993. The lowest BCUT2D eigenvalue weighted by molar-refractivity contribution is -0.139. The van der Waals surface area contributed by atoms with Gasteiger partial charge in [-0.3, -0.25) is 14.5 Å². The molecule has 3 rings (SSSR count). The van der Waals surface area contributed by atoms with Gasteiger partial charge in [-0.1, -0.05) is 0 Å². The van der Waals surface area contributed by atoms with Gasteiger partial charge in [0.05, 0.1) is 12.9 Å². The maximum Gasteiger partial charge on any atom is 0.317 e. The largest absolute Gasteiger partial charge is 0.480 e. The molecule has 7 heteroatoms. The Bertz CT molecular complexity index is 561. The number of carboxylic acid groups (broad SMARTS) is 1. The van der Waals surface area contributed by atoms with Gasteiger partial charge in [-0.05, 0) is 31.6 Å². The monoisotopic (exact) mass is 306 g/mol. The van der Waals surface area contributed by atoms with E-state index >= 15 is 0 Å². The van der Waals surface area contributed by atoms with Crippen LogP contribution in [-0.4, -0.2) is 56.6 Å². The highest BCUT2D eigenvalue weighted by Crippen LogP contribution is 2.33. The van der Waals surface area contributed by atoms with Crippen LogP contribution in [0.3, 0.4) is 0 Å². The Morgan fingerprint density at radius 1 is 1.45 bits per heavy atom. The fourth-order valence-corrected chi connectivity index (χ4v) is 2.94. The zero-order valence-electron chi connectivity index (χ0n) is 12.7. The first-order valence-corrected chi connectivity index (χ1v) is 7.76. The Labute approximate surface area is 129 Å². The molecule has 1 amide bonds. The molecule has 120 valence electrons. The third-order valence-electron chi connectivity index (χ3n) is 4.43. The molecule has 0 unspecified atom stereocenters. The normalized spacial score (nSPS) is 24.1. The Morgan fingerprint density at radius 2 is 2.18 bits per heavy atom. The van der Waals surface area contributed by atoms with Crippen LogP contribution in [0.4, 0.5) is 0 Å². The van der Waals surface area contributed by atoms with Crippen molar-refractivity contribution in [3.05, 3.63) is 18.2 Å². The van der Waals surface area contributed by atoms with Crippen LogP contribution in [0.15, 0.2) is 12.5 Å². The van der Waals surface area contributed by atoms with Gasteiger partial charge >= 0.3 is 5.97 Å².